The lowest BCUT2D eigenvalue weighted by Crippen LogP contribution is -2.39. The van der Waals surface area contributed by atoms with E-state index >= 15 is 0 Å². The van der Waals surface area contributed by atoms with Gasteiger partial charge in [-0.05, 0) is 81.1 Å². The number of halogens is 1. The Morgan fingerprint density at radius 2 is 1.61 bits per heavy atom. The van der Waals surface area contributed by atoms with Crippen LogP contribution in [-0.2, 0) is 14.8 Å². The molecule has 1 amide bonds. The molecule has 0 aromatic heterocycles. The van der Waals surface area contributed by atoms with Crippen LogP contribution in [-0.4, -0.2) is 33.2 Å². The molecule has 1 aliphatic rings. The minimum absolute atomic E-state index is 0.0960. The molecule has 33 heavy (non-hydrogen) atoms. The van der Waals surface area contributed by atoms with Gasteiger partial charge in [-0.2, -0.15) is 5.10 Å². The smallest absolute Gasteiger partial charge is 0.264 e. The first-order valence-electron chi connectivity index (χ1n) is 11.3. The van der Waals surface area contributed by atoms with E-state index in [1.165, 1.54) is 31.4 Å². The van der Waals surface area contributed by atoms with Crippen molar-refractivity contribution in [2.45, 2.75) is 56.8 Å². The van der Waals surface area contributed by atoms with Crippen molar-refractivity contribution < 1.29 is 17.9 Å². The molecule has 1 N–H and O–H groups in total. The third-order valence-electron chi connectivity index (χ3n) is 5.39. The molecule has 7 nitrogen and oxygen atoms in total. The highest BCUT2D eigenvalue weighted by Crippen LogP contribution is 2.26. The summed E-state index contributed by atoms with van der Waals surface area (Å²) in [5.41, 5.74) is 3.91. The summed E-state index contributed by atoms with van der Waals surface area (Å²) in [4.78, 5) is 12.9. The summed E-state index contributed by atoms with van der Waals surface area (Å²) >= 11 is 3.32. The van der Waals surface area contributed by atoms with Crippen LogP contribution in [0, 0.1) is 0 Å². The summed E-state index contributed by atoms with van der Waals surface area (Å²) in [6.07, 6.45) is 7.43. The van der Waals surface area contributed by atoms with E-state index in [4.69, 9.17) is 4.74 Å². The van der Waals surface area contributed by atoms with Crippen LogP contribution in [0.4, 0.5) is 5.69 Å². The average Bonchev–Trinajstić information content (AvgIpc) is 2.78. The molecule has 0 atom stereocenters. The van der Waals surface area contributed by atoms with Crippen LogP contribution in [0.5, 0.6) is 5.75 Å². The highest BCUT2D eigenvalue weighted by molar-refractivity contribution is 9.10. The predicted molar refractivity (Wildman–Crippen MR) is 134 cm³/mol. The van der Waals surface area contributed by atoms with Crippen LogP contribution < -0.4 is 14.5 Å². The van der Waals surface area contributed by atoms with Crippen molar-refractivity contribution in [2.75, 3.05) is 17.5 Å². The van der Waals surface area contributed by atoms with Gasteiger partial charge >= 0.3 is 0 Å². The van der Waals surface area contributed by atoms with Gasteiger partial charge in [-0.25, -0.2) is 13.8 Å². The molecule has 0 saturated heterocycles. The van der Waals surface area contributed by atoms with E-state index < -0.39 is 15.9 Å². The molecule has 0 aliphatic heterocycles. The fraction of sp³-hybridized carbons (Fsp3) is 0.417. The SMILES string of the molecule is CCOc1ccc(N(CC(=O)NN=C2CCCCCCC2)S(=O)(=O)c2ccc(Br)cc2)cc1. The van der Waals surface area contributed by atoms with Crippen LogP contribution in [0.1, 0.15) is 51.9 Å². The quantitative estimate of drug-likeness (QED) is 0.467. The Morgan fingerprint density at radius 3 is 2.21 bits per heavy atom. The van der Waals surface area contributed by atoms with E-state index in [0.717, 1.165) is 40.2 Å². The lowest BCUT2D eigenvalue weighted by Gasteiger charge is -2.24. The second-order valence-electron chi connectivity index (χ2n) is 7.87. The van der Waals surface area contributed by atoms with Crippen LogP contribution in [0.3, 0.4) is 0 Å². The number of benzene rings is 2. The molecule has 0 bridgehead atoms. The Bertz CT molecular complexity index is 1040. The third-order valence-corrected chi connectivity index (χ3v) is 7.71. The van der Waals surface area contributed by atoms with Gasteiger partial charge in [0, 0.05) is 10.2 Å². The Labute approximate surface area is 204 Å². The number of nitrogens with one attached hydrogen (secondary N) is 1. The number of nitrogens with zero attached hydrogens (tertiary/aromatic N) is 2. The molecule has 0 heterocycles. The Hall–Kier alpha value is -2.39. The van der Waals surface area contributed by atoms with E-state index in [1.54, 1.807) is 36.4 Å². The van der Waals surface area contributed by atoms with E-state index in [0.29, 0.717) is 18.0 Å². The molecular weight excluding hydrogens is 506 g/mol. The zero-order valence-corrected chi connectivity index (χ0v) is 21.2. The Balaban J connectivity index is 1.83. The number of amides is 1. The maximum absolute atomic E-state index is 13.4. The molecule has 1 fully saturated rings. The Morgan fingerprint density at radius 1 is 1.00 bits per heavy atom. The van der Waals surface area contributed by atoms with Crippen molar-refractivity contribution in [1.82, 2.24) is 5.43 Å². The van der Waals surface area contributed by atoms with Gasteiger partial charge in [0.05, 0.1) is 17.2 Å². The molecule has 0 unspecified atom stereocenters. The first-order valence-corrected chi connectivity index (χ1v) is 13.5. The van der Waals surface area contributed by atoms with E-state index in [2.05, 4.69) is 26.5 Å². The zero-order valence-electron chi connectivity index (χ0n) is 18.8. The van der Waals surface area contributed by atoms with Gasteiger partial charge in [0.15, 0.2) is 0 Å². The summed E-state index contributed by atoms with van der Waals surface area (Å²) < 4.78 is 34.2. The van der Waals surface area contributed by atoms with Crippen molar-refractivity contribution in [2.24, 2.45) is 5.10 Å². The molecule has 2 aromatic carbocycles. The number of hydrogen-bond donors (Lipinski definition) is 1. The molecular formula is C24H30BrN3O4S. The minimum Gasteiger partial charge on any atom is -0.494 e. The topological polar surface area (TPSA) is 88.1 Å². The maximum atomic E-state index is 13.4. The summed E-state index contributed by atoms with van der Waals surface area (Å²) in [7, 11) is -3.98. The maximum Gasteiger partial charge on any atom is 0.264 e. The Kier molecular flexibility index (Phi) is 9.31. The van der Waals surface area contributed by atoms with Crippen molar-refractivity contribution in [3.8, 4) is 5.75 Å². The summed E-state index contributed by atoms with van der Waals surface area (Å²) in [5, 5.41) is 4.31. The number of ether oxygens (including phenoxy) is 1. The van der Waals surface area contributed by atoms with Gasteiger partial charge < -0.3 is 4.74 Å². The number of anilines is 1. The monoisotopic (exact) mass is 535 g/mol. The number of hydrazone groups is 1. The number of carbonyl (C=O) groups is 1. The predicted octanol–water partition coefficient (Wildman–Crippen LogP) is 5.26. The van der Waals surface area contributed by atoms with E-state index in [1.807, 2.05) is 6.92 Å². The van der Waals surface area contributed by atoms with Crippen molar-refractivity contribution in [1.29, 1.82) is 0 Å². The van der Waals surface area contributed by atoms with Crippen LogP contribution in [0.15, 0.2) is 63.0 Å². The van der Waals surface area contributed by atoms with E-state index in [9.17, 15) is 13.2 Å². The largest absolute Gasteiger partial charge is 0.494 e. The summed E-state index contributed by atoms with van der Waals surface area (Å²) in [6, 6.07) is 13.0. The number of rotatable bonds is 8. The zero-order chi connectivity index (χ0) is 23.7. The van der Waals surface area contributed by atoms with Gasteiger partial charge in [-0.15, -0.1) is 0 Å². The van der Waals surface area contributed by atoms with Gasteiger partial charge in [0.25, 0.3) is 15.9 Å². The lowest BCUT2D eigenvalue weighted by atomic mass is 9.99. The second-order valence-corrected chi connectivity index (χ2v) is 10.7. The van der Waals surface area contributed by atoms with Crippen LogP contribution in [0.25, 0.3) is 0 Å². The minimum atomic E-state index is -3.98. The van der Waals surface area contributed by atoms with Crippen molar-refractivity contribution in [3.05, 3.63) is 53.0 Å². The molecule has 3 rings (SSSR count). The van der Waals surface area contributed by atoms with Gasteiger partial charge in [0.1, 0.15) is 12.3 Å². The molecule has 9 heteroatoms. The summed E-state index contributed by atoms with van der Waals surface area (Å²) in [6.45, 7) is 1.99. The highest BCUT2D eigenvalue weighted by atomic mass is 79.9. The second kappa shape index (κ2) is 12.2. The number of sulfonamides is 1. The number of carbonyl (C=O) groups excluding carboxylic acids is 1. The van der Waals surface area contributed by atoms with Crippen LogP contribution in [0.2, 0.25) is 0 Å². The fourth-order valence-corrected chi connectivity index (χ4v) is 5.34. The lowest BCUT2D eigenvalue weighted by molar-refractivity contribution is -0.119. The van der Waals surface area contributed by atoms with E-state index in [-0.39, 0.29) is 11.4 Å². The van der Waals surface area contributed by atoms with Crippen molar-refractivity contribution >= 4 is 43.3 Å². The van der Waals surface area contributed by atoms with Gasteiger partial charge in [-0.3, -0.25) is 9.10 Å². The van der Waals surface area contributed by atoms with Gasteiger partial charge in [-0.1, -0.05) is 35.2 Å². The molecule has 1 saturated carbocycles. The standard InChI is InChI=1S/C24H30BrN3O4S/c1-2-32-22-14-12-21(13-15-22)28(33(30,31)23-16-10-19(25)11-17-23)18-24(29)27-26-20-8-6-4-3-5-7-9-20/h10-17H,2-9,18H2,1H3,(H,27,29). The van der Waals surface area contributed by atoms with Crippen LogP contribution >= 0.6 is 15.9 Å². The average molecular weight is 536 g/mol. The first-order chi connectivity index (χ1) is 15.9. The molecule has 0 radical (unpaired) electrons. The normalized spacial score (nSPS) is 14.7. The third kappa shape index (κ3) is 7.30. The molecule has 2 aromatic rings. The summed E-state index contributed by atoms with van der Waals surface area (Å²) in [5.74, 6) is 0.140. The fourth-order valence-electron chi connectivity index (χ4n) is 3.66. The number of hydrogen-bond acceptors (Lipinski definition) is 5. The van der Waals surface area contributed by atoms with Gasteiger partial charge in [0.2, 0.25) is 0 Å². The van der Waals surface area contributed by atoms with Crippen molar-refractivity contribution in [3.63, 3.8) is 0 Å². The molecule has 1 aliphatic carbocycles. The molecule has 178 valence electrons. The first kappa shape index (κ1) is 25.2. The molecule has 0 spiro atoms. The highest BCUT2D eigenvalue weighted by Gasteiger charge is 2.27.